The van der Waals surface area contributed by atoms with Crippen molar-refractivity contribution in [2.75, 3.05) is 18.0 Å². The maximum absolute atomic E-state index is 13.2. The number of anilines is 1. The molecular weight excluding hydrogens is 446 g/mol. The normalized spacial score (nSPS) is 14.4. The maximum Gasteiger partial charge on any atom is 0.241 e. The van der Waals surface area contributed by atoms with Crippen LogP contribution in [0.15, 0.2) is 71.9 Å². The molecule has 2 aromatic carbocycles. The summed E-state index contributed by atoms with van der Waals surface area (Å²) in [6, 6.07) is 17.1. The van der Waals surface area contributed by atoms with Crippen LogP contribution in [-0.4, -0.2) is 36.7 Å². The van der Waals surface area contributed by atoms with Gasteiger partial charge in [0.1, 0.15) is 5.69 Å². The Morgan fingerprint density at radius 2 is 1.74 bits per heavy atom. The second-order valence-corrected chi connectivity index (χ2v) is 10.4. The molecule has 1 N–H and O–H groups in total. The summed E-state index contributed by atoms with van der Waals surface area (Å²) >= 11 is 0. The van der Waals surface area contributed by atoms with Crippen LogP contribution in [0.4, 0.5) is 5.82 Å². The summed E-state index contributed by atoms with van der Waals surface area (Å²) in [5.74, 6) is 0.900. The smallest absolute Gasteiger partial charge is 0.241 e. The molecule has 2 aromatic heterocycles. The van der Waals surface area contributed by atoms with E-state index in [1.807, 2.05) is 36.4 Å². The maximum atomic E-state index is 13.2. The number of aromatic nitrogens is 3. The van der Waals surface area contributed by atoms with Gasteiger partial charge in [0.2, 0.25) is 10.0 Å². The van der Waals surface area contributed by atoms with Crippen LogP contribution in [0, 0.1) is 6.92 Å². The van der Waals surface area contributed by atoms with Gasteiger partial charge in [0, 0.05) is 48.4 Å². The van der Waals surface area contributed by atoms with Crippen molar-refractivity contribution in [1.82, 2.24) is 19.9 Å². The molecule has 0 spiro atoms. The molecule has 5 rings (SSSR count). The number of sulfonamides is 1. The minimum atomic E-state index is -3.73. The summed E-state index contributed by atoms with van der Waals surface area (Å²) in [6.07, 6.45) is 6.87. The van der Waals surface area contributed by atoms with Gasteiger partial charge < -0.3 is 4.90 Å². The van der Waals surface area contributed by atoms with E-state index < -0.39 is 10.0 Å². The molecule has 0 bridgehead atoms. The standard InChI is InChI=1S/C26H27N5O2S/c1-19-11-12-21(16-24(19)34(32,33)28-18-20-8-7-13-27-17-20)25-22-9-3-4-10-23(22)26(30-29-25)31-14-5-2-6-15-31/h3-4,7-13,16-17,28H,2,5-6,14-15,18H2,1H3. The number of benzene rings is 2. The molecule has 7 nitrogen and oxygen atoms in total. The second kappa shape index (κ2) is 9.48. The largest absolute Gasteiger partial charge is 0.355 e. The molecule has 4 aromatic rings. The Morgan fingerprint density at radius 3 is 2.50 bits per heavy atom. The summed E-state index contributed by atoms with van der Waals surface area (Å²) in [5.41, 5.74) is 2.87. The highest BCUT2D eigenvalue weighted by atomic mass is 32.2. The third kappa shape index (κ3) is 4.51. The number of nitrogens with one attached hydrogen (secondary N) is 1. The van der Waals surface area contributed by atoms with Crippen molar-refractivity contribution in [2.24, 2.45) is 0 Å². The fourth-order valence-electron chi connectivity index (χ4n) is 4.44. The lowest BCUT2D eigenvalue weighted by molar-refractivity contribution is 0.573. The van der Waals surface area contributed by atoms with Crippen LogP contribution in [0.1, 0.15) is 30.4 Å². The van der Waals surface area contributed by atoms with E-state index >= 15 is 0 Å². The number of nitrogens with zero attached hydrogens (tertiary/aromatic N) is 4. The van der Waals surface area contributed by atoms with Crippen LogP contribution in [-0.2, 0) is 16.6 Å². The first-order chi connectivity index (χ1) is 16.5. The predicted octanol–water partition coefficient (Wildman–Crippen LogP) is 4.47. The van der Waals surface area contributed by atoms with E-state index in [1.165, 1.54) is 6.42 Å². The number of hydrogen-bond acceptors (Lipinski definition) is 6. The number of hydrogen-bond donors (Lipinski definition) is 1. The lowest BCUT2D eigenvalue weighted by Crippen LogP contribution is -2.30. The van der Waals surface area contributed by atoms with Gasteiger partial charge in [0.25, 0.3) is 0 Å². The first-order valence-corrected chi connectivity index (χ1v) is 13.0. The van der Waals surface area contributed by atoms with Gasteiger partial charge >= 0.3 is 0 Å². The van der Waals surface area contributed by atoms with Gasteiger partial charge in [0.05, 0.1) is 4.90 Å². The molecule has 0 aliphatic carbocycles. The Hall–Kier alpha value is -3.36. The molecule has 0 unspecified atom stereocenters. The molecule has 8 heteroatoms. The average Bonchev–Trinajstić information content (AvgIpc) is 2.88. The van der Waals surface area contributed by atoms with Crippen molar-refractivity contribution in [3.63, 3.8) is 0 Å². The van der Waals surface area contributed by atoms with Crippen LogP contribution >= 0.6 is 0 Å². The van der Waals surface area contributed by atoms with Gasteiger partial charge in [-0.15, -0.1) is 10.2 Å². The number of rotatable bonds is 6. The first-order valence-electron chi connectivity index (χ1n) is 11.5. The van der Waals surface area contributed by atoms with Gasteiger partial charge in [-0.1, -0.05) is 42.5 Å². The SMILES string of the molecule is Cc1ccc(-c2nnc(N3CCCCC3)c3ccccc23)cc1S(=O)(=O)NCc1cccnc1. The second-order valence-electron chi connectivity index (χ2n) is 8.63. The number of aryl methyl sites for hydroxylation is 1. The Labute approximate surface area is 199 Å². The first kappa shape index (κ1) is 22.4. The minimum absolute atomic E-state index is 0.174. The van der Waals surface area contributed by atoms with Crippen LogP contribution < -0.4 is 9.62 Å². The Bertz CT molecular complexity index is 1420. The summed E-state index contributed by atoms with van der Waals surface area (Å²) in [6.45, 7) is 3.93. The van der Waals surface area contributed by atoms with Gasteiger partial charge in [-0.3, -0.25) is 4.98 Å². The van der Waals surface area contributed by atoms with E-state index in [-0.39, 0.29) is 11.4 Å². The van der Waals surface area contributed by atoms with Crippen molar-refractivity contribution in [1.29, 1.82) is 0 Å². The number of piperidine rings is 1. The fourth-order valence-corrected chi connectivity index (χ4v) is 5.72. The molecular formula is C26H27N5O2S. The Balaban J connectivity index is 1.52. The summed E-state index contributed by atoms with van der Waals surface area (Å²) in [5, 5.41) is 11.2. The van der Waals surface area contributed by atoms with E-state index in [2.05, 4.69) is 30.9 Å². The third-order valence-corrected chi connectivity index (χ3v) is 7.81. The zero-order valence-electron chi connectivity index (χ0n) is 19.1. The Kier molecular flexibility index (Phi) is 6.26. The third-order valence-electron chi connectivity index (χ3n) is 6.26. The quantitative estimate of drug-likeness (QED) is 0.445. The summed E-state index contributed by atoms with van der Waals surface area (Å²) in [4.78, 5) is 6.58. The van der Waals surface area contributed by atoms with E-state index in [0.29, 0.717) is 11.3 Å². The summed E-state index contributed by atoms with van der Waals surface area (Å²) < 4.78 is 29.0. The molecule has 1 saturated heterocycles. The number of pyridine rings is 1. The molecule has 34 heavy (non-hydrogen) atoms. The molecule has 1 aliphatic heterocycles. The van der Waals surface area contributed by atoms with Crippen molar-refractivity contribution < 1.29 is 8.42 Å². The average molecular weight is 474 g/mol. The van der Waals surface area contributed by atoms with Gasteiger partial charge in [0.15, 0.2) is 5.82 Å². The monoisotopic (exact) mass is 473 g/mol. The molecule has 1 fully saturated rings. The van der Waals surface area contributed by atoms with Crippen molar-refractivity contribution in [2.45, 2.75) is 37.6 Å². The zero-order chi connectivity index (χ0) is 23.5. The molecule has 1 aliphatic rings. The molecule has 0 amide bonds. The van der Waals surface area contributed by atoms with Crippen molar-refractivity contribution in [3.05, 3.63) is 78.1 Å². The molecule has 0 radical (unpaired) electrons. The van der Waals surface area contributed by atoms with Crippen LogP contribution in [0.3, 0.4) is 0 Å². The molecule has 174 valence electrons. The number of fused-ring (bicyclic) bond motifs is 1. The Morgan fingerprint density at radius 1 is 0.941 bits per heavy atom. The highest BCUT2D eigenvalue weighted by Gasteiger charge is 2.21. The minimum Gasteiger partial charge on any atom is -0.355 e. The topological polar surface area (TPSA) is 88.1 Å². The van der Waals surface area contributed by atoms with Crippen LogP contribution in [0.5, 0.6) is 0 Å². The van der Waals surface area contributed by atoms with E-state index in [1.54, 1.807) is 31.5 Å². The van der Waals surface area contributed by atoms with Gasteiger partial charge in [-0.05, 0) is 49.4 Å². The lowest BCUT2D eigenvalue weighted by atomic mass is 10.0. The van der Waals surface area contributed by atoms with E-state index in [0.717, 1.165) is 53.6 Å². The van der Waals surface area contributed by atoms with E-state index in [9.17, 15) is 8.42 Å². The fraction of sp³-hybridized carbons (Fsp3) is 0.269. The highest BCUT2D eigenvalue weighted by Crippen LogP contribution is 2.33. The van der Waals surface area contributed by atoms with Crippen LogP contribution in [0.25, 0.3) is 22.0 Å². The van der Waals surface area contributed by atoms with Gasteiger partial charge in [-0.2, -0.15) is 0 Å². The molecule has 0 atom stereocenters. The van der Waals surface area contributed by atoms with Crippen LogP contribution in [0.2, 0.25) is 0 Å². The van der Waals surface area contributed by atoms with Gasteiger partial charge in [-0.25, -0.2) is 13.1 Å². The van der Waals surface area contributed by atoms with Crippen molar-refractivity contribution in [3.8, 4) is 11.3 Å². The molecule has 0 saturated carbocycles. The lowest BCUT2D eigenvalue weighted by Gasteiger charge is -2.28. The zero-order valence-corrected chi connectivity index (χ0v) is 19.9. The van der Waals surface area contributed by atoms with E-state index in [4.69, 9.17) is 0 Å². The summed E-state index contributed by atoms with van der Waals surface area (Å²) in [7, 11) is -3.73. The molecule has 3 heterocycles. The van der Waals surface area contributed by atoms with Crippen molar-refractivity contribution >= 4 is 26.6 Å². The predicted molar refractivity (Wildman–Crippen MR) is 134 cm³/mol. The highest BCUT2D eigenvalue weighted by molar-refractivity contribution is 7.89.